The molecule has 0 aromatic rings. The van der Waals surface area contributed by atoms with Gasteiger partial charge in [0.25, 0.3) is 0 Å². The van der Waals surface area contributed by atoms with Crippen LogP contribution in [-0.4, -0.2) is 50.1 Å². The molecule has 0 spiro atoms. The van der Waals surface area contributed by atoms with Gasteiger partial charge < -0.3 is 18.3 Å². The molecule has 0 rings (SSSR count). The van der Waals surface area contributed by atoms with Gasteiger partial charge in [-0.3, -0.25) is 0 Å². The molecule has 0 saturated carbocycles. The number of hydrogen-bond acceptors (Lipinski definition) is 4. The first-order valence-corrected chi connectivity index (χ1v) is 6.27. The average Bonchev–Trinajstić information content (AvgIpc) is 2.21. The summed E-state index contributed by atoms with van der Waals surface area (Å²) >= 11 is 0. The van der Waals surface area contributed by atoms with Crippen LogP contribution in [0.4, 0.5) is 0 Å². The minimum Gasteiger partial charge on any atom is -0.395 e. The predicted molar refractivity (Wildman–Crippen MR) is 56.2 cm³/mol. The number of rotatable bonds is 9. The fourth-order valence-electron chi connectivity index (χ4n) is 0.947. The Labute approximate surface area is 88.3 Å². The van der Waals surface area contributed by atoms with E-state index in [9.17, 15) is 0 Å². The lowest BCUT2D eigenvalue weighted by Crippen LogP contribution is -2.27. The zero-order valence-corrected chi connectivity index (χ0v) is 10.5. The second kappa shape index (κ2) is 9.61. The van der Waals surface area contributed by atoms with Gasteiger partial charge in [-0.2, -0.15) is 0 Å². The minimum atomic E-state index is -1.19. The van der Waals surface area contributed by atoms with Gasteiger partial charge in [0.05, 0.1) is 6.23 Å². The van der Waals surface area contributed by atoms with Crippen molar-refractivity contribution < 1.29 is 18.3 Å². The highest BCUT2D eigenvalue weighted by Crippen LogP contribution is 2.02. The molecule has 85 valence electrons. The van der Waals surface area contributed by atoms with E-state index in [0.717, 1.165) is 19.6 Å². The Hall–Kier alpha value is 0.0569. The third kappa shape index (κ3) is 7.46. The molecule has 0 N–H and O–H groups in total. The van der Waals surface area contributed by atoms with Crippen LogP contribution >= 0.6 is 0 Å². The van der Waals surface area contributed by atoms with Crippen LogP contribution in [-0.2, 0) is 18.3 Å². The monoisotopic (exact) mass is 221 g/mol. The summed E-state index contributed by atoms with van der Waals surface area (Å²) in [6.45, 7) is 3.67. The van der Waals surface area contributed by atoms with E-state index < -0.39 is 9.28 Å². The highest BCUT2D eigenvalue weighted by atomic mass is 28.3. The molecule has 0 heterocycles. The topological polar surface area (TPSA) is 36.9 Å². The zero-order chi connectivity index (χ0) is 10.8. The van der Waals surface area contributed by atoms with E-state index in [0.29, 0.717) is 12.1 Å². The van der Waals surface area contributed by atoms with Crippen molar-refractivity contribution in [3.63, 3.8) is 0 Å². The normalized spacial score (nSPS) is 13.5. The van der Waals surface area contributed by atoms with E-state index in [1.54, 1.807) is 21.3 Å². The van der Waals surface area contributed by atoms with E-state index in [2.05, 4.69) is 6.92 Å². The molecule has 0 aliphatic carbocycles. The fourth-order valence-corrected chi connectivity index (χ4v) is 1.63. The molecule has 0 bridgehead atoms. The Morgan fingerprint density at radius 2 is 1.79 bits per heavy atom. The first-order valence-electron chi connectivity index (χ1n) is 4.75. The van der Waals surface area contributed by atoms with Crippen molar-refractivity contribution in [2.24, 2.45) is 5.92 Å². The minimum absolute atomic E-state index is 0.520. The maximum atomic E-state index is 5.48. The maximum Gasteiger partial charge on any atom is 0.412 e. The first kappa shape index (κ1) is 14.1. The van der Waals surface area contributed by atoms with E-state index in [-0.39, 0.29) is 0 Å². The van der Waals surface area contributed by atoms with Crippen LogP contribution in [0, 0.1) is 5.92 Å². The van der Waals surface area contributed by atoms with Gasteiger partial charge in [-0.1, -0.05) is 6.92 Å². The molecule has 1 atom stereocenters. The maximum absolute atomic E-state index is 5.48. The van der Waals surface area contributed by atoms with E-state index in [1.165, 1.54) is 0 Å². The summed E-state index contributed by atoms with van der Waals surface area (Å²) in [5.74, 6) is 0.520. The van der Waals surface area contributed by atoms with E-state index in [4.69, 9.17) is 18.3 Å². The van der Waals surface area contributed by atoms with Crippen LogP contribution in [0.15, 0.2) is 0 Å². The molecular weight excluding hydrogens is 200 g/mol. The average molecular weight is 221 g/mol. The highest BCUT2D eigenvalue weighted by molar-refractivity contribution is 6.44. The standard InChI is InChI=1S/C9H21O4Si/c1-9(5-6-10-2)7-13-8-14(11-3)12-4/h9H,5-8H2,1-4H3. The zero-order valence-electron chi connectivity index (χ0n) is 9.54. The van der Waals surface area contributed by atoms with Crippen LogP contribution in [0.2, 0.25) is 0 Å². The van der Waals surface area contributed by atoms with Gasteiger partial charge in [0.2, 0.25) is 0 Å². The summed E-state index contributed by atoms with van der Waals surface area (Å²) in [7, 11) is 3.82. The van der Waals surface area contributed by atoms with Crippen LogP contribution < -0.4 is 0 Å². The molecule has 1 unspecified atom stereocenters. The number of methoxy groups -OCH3 is 1. The van der Waals surface area contributed by atoms with Crippen LogP contribution in [0.5, 0.6) is 0 Å². The molecule has 0 aromatic carbocycles. The molecule has 0 saturated heterocycles. The molecule has 0 aliphatic heterocycles. The Kier molecular flexibility index (Phi) is 9.64. The highest BCUT2D eigenvalue weighted by Gasteiger charge is 2.12. The summed E-state index contributed by atoms with van der Waals surface area (Å²) in [5.41, 5.74) is 0. The van der Waals surface area contributed by atoms with Crippen molar-refractivity contribution in [3.8, 4) is 0 Å². The Balaban J connectivity index is 3.33. The molecule has 0 aromatic heterocycles. The third-order valence-corrected chi connectivity index (χ3v) is 3.24. The Morgan fingerprint density at radius 1 is 1.14 bits per heavy atom. The van der Waals surface area contributed by atoms with Crippen molar-refractivity contribution in [1.82, 2.24) is 0 Å². The van der Waals surface area contributed by atoms with Crippen LogP contribution in [0.3, 0.4) is 0 Å². The molecule has 0 fully saturated rings. The Bertz CT molecular complexity index is 119. The summed E-state index contributed by atoms with van der Waals surface area (Å²) in [6.07, 6.45) is 1.60. The second-order valence-electron chi connectivity index (χ2n) is 3.18. The molecule has 14 heavy (non-hydrogen) atoms. The summed E-state index contributed by atoms with van der Waals surface area (Å²) in [6, 6.07) is 0. The molecule has 1 radical (unpaired) electrons. The first-order chi connectivity index (χ1) is 6.74. The number of ether oxygens (including phenoxy) is 2. The predicted octanol–water partition coefficient (Wildman–Crippen LogP) is 0.996. The lowest BCUT2D eigenvalue weighted by atomic mass is 10.1. The second-order valence-corrected chi connectivity index (χ2v) is 5.03. The lowest BCUT2D eigenvalue weighted by Gasteiger charge is -2.13. The Morgan fingerprint density at radius 3 is 2.29 bits per heavy atom. The van der Waals surface area contributed by atoms with Gasteiger partial charge >= 0.3 is 9.28 Å². The van der Waals surface area contributed by atoms with Crippen molar-refractivity contribution >= 4 is 9.28 Å². The van der Waals surface area contributed by atoms with Crippen molar-refractivity contribution in [1.29, 1.82) is 0 Å². The molecule has 0 aliphatic rings. The quantitative estimate of drug-likeness (QED) is 0.544. The molecule has 5 heteroatoms. The van der Waals surface area contributed by atoms with Crippen molar-refractivity contribution in [2.75, 3.05) is 40.8 Å². The molecule has 4 nitrogen and oxygen atoms in total. The van der Waals surface area contributed by atoms with Gasteiger partial charge in [0, 0.05) is 34.5 Å². The van der Waals surface area contributed by atoms with E-state index >= 15 is 0 Å². The van der Waals surface area contributed by atoms with Crippen molar-refractivity contribution in [3.05, 3.63) is 0 Å². The number of hydrogen-bond donors (Lipinski definition) is 0. The molecule has 0 amide bonds. The summed E-state index contributed by atoms with van der Waals surface area (Å²) in [4.78, 5) is 0. The van der Waals surface area contributed by atoms with Gasteiger partial charge in [-0.25, -0.2) is 0 Å². The van der Waals surface area contributed by atoms with Crippen LogP contribution in [0.25, 0.3) is 0 Å². The fraction of sp³-hybridized carbons (Fsp3) is 1.00. The smallest absolute Gasteiger partial charge is 0.395 e. The SMILES string of the molecule is COCCC(C)COC[Si](OC)OC. The van der Waals surface area contributed by atoms with Gasteiger partial charge in [0.1, 0.15) is 0 Å². The van der Waals surface area contributed by atoms with E-state index in [1.807, 2.05) is 0 Å². The van der Waals surface area contributed by atoms with Crippen molar-refractivity contribution in [2.45, 2.75) is 13.3 Å². The molecular formula is C9H21O4Si. The third-order valence-electron chi connectivity index (χ3n) is 1.89. The summed E-state index contributed by atoms with van der Waals surface area (Å²) < 4.78 is 20.6. The lowest BCUT2D eigenvalue weighted by molar-refractivity contribution is 0.0962. The van der Waals surface area contributed by atoms with Gasteiger partial charge in [-0.05, 0) is 12.3 Å². The summed E-state index contributed by atoms with van der Waals surface area (Å²) in [5, 5.41) is 0. The van der Waals surface area contributed by atoms with Gasteiger partial charge in [-0.15, -0.1) is 0 Å². The van der Waals surface area contributed by atoms with Gasteiger partial charge in [0.15, 0.2) is 0 Å². The largest absolute Gasteiger partial charge is 0.412 e. The van der Waals surface area contributed by atoms with Crippen LogP contribution in [0.1, 0.15) is 13.3 Å².